The predicted octanol–water partition coefficient (Wildman–Crippen LogP) is 9.96. The summed E-state index contributed by atoms with van der Waals surface area (Å²) in [4.78, 5) is 31.9. The molecule has 0 aliphatic carbocycles. The molecule has 2 aromatic heterocycles. The van der Waals surface area contributed by atoms with Gasteiger partial charge < -0.3 is 19.2 Å². The molecule has 0 saturated carbocycles. The molecule has 1 atom stereocenters. The number of aromatic nitrogens is 4. The van der Waals surface area contributed by atoms with Gasteiger partial charge in [-0.3, -0.25) is 14.7 Å². The number of thioether (sulfide) groups is 1. The first-order chi connectivity index (χ1) is 25.9. The fraction of sp³-hybridized carbons (Fsp3) is 0.381. The minimum absolute atomic E-state index is 0.0250. The number of rotatable bonds is 19. The molecular weight excluding hydrogens is 711 g/mol. The summed E-state index contributed by atoms with van der Waals surface area (Å²) >= 11 is 1.57. The second kappa shape index (κ2) is 17.9. The van der Waals surface area contributed by atoms with Crippen LogP contribution in [0.5, 0.6) is 11.5 Å². The lowest BCUT2D eigenvalue weighted by Gasteiger charge is -2.31. The van der Waals surface area contributed by atoms with Gasteiger partial charge in [0.05, 0.1) is 29.9 Å². The van der Waals surface area contributed by atoms with E-state index in [-0.39, 0.29) is 46.7 Å². The van der Waals surface area contributed by atoms with Crippen molar-refractivity contribution in [3.63, 3.8) is 0 Å². The molecular formula is C42H48F2N4O5S. The van der Waals surface area contributed by atoms with Gasteiger partial charge in [-0.15, -0.1) is 11.8 Å². The van der Waals surface area contributed by atoms with Crippen molar-refractivity contribution >= 4 is 40.7 Å². The van der Waals surface area contributed by atoms with Gasteiger partial charge in [-0.25, -0.2) is 13.8 Å². The third-order valence-corrected chi connectivity index (χ3v) is 10.9. The quantitative estimate of drug-likeness (QED) is 0.0799. The first-order valence-electron chi connectivity index (χ1n) is 18.2. The number of ether oxygens (including phenoxy) is 3. The first-order valence-corrected chi connectivity index (χ1v) is 19.3. The zero-order valence-electron chi connectivity index (χ0n) is 31.5. The number of esters is 2. The summed E-state index contributed by atoms with van der Waals surface area (Å²) in [6, 6.07) is 15.3. The van der Waals surface area contributed by atoms with Crippen molar-refractivity contribution in [3.05, 3.63) is 102 Å². The molecule has 9 nitrogen and oxygen atoms in total. The number of fused-ring (bicyclic) bond motifs is 1. The van der Waals surface area contributed by atoms with Gasteiger partial charge in [0, 0.05) is 35.2 Å². The van der Waals surface area contributed by atoms with E-state index in [0.717, 1.165) is 35.1 Å². The van der Waals surface area contributed by atoms with Crippen LogP contribution < -0.4 is 4.74 Å². The molecule has 12 heteroatoms. The Morgan fingerprint density at radius 2 is 1.74 bits per heavy atom. The van der Waals surface area contributed by atoms with Crippen LogP contribution >= 0.6 is 11.8 Å². The maximum Gasteiger partial charge on any atom is 0.315 e. The normalized spacial score (nSPS) is 12.7. The van der Waals surface area contributed by atoms with Gasteiger partial charge in [0.2, 0.25) is 0 Å². The molecule has 0 saturated heterocycles. The van der Waals surface area contributed by atoms with E-state index in [1.807, 2.05) is 24.3 Å². The van der Waals surface area contributed by atoms with Gasteiger partial charge in [-0.2, -0.15) is 5.10 Å². The second-order valence-electron chi connectivity index (χ2n) is 14.1. The lowest BCUT2D eigenvalue weighted by molar-refractivity contribution is -0.143. The lowest BCUT2D eigenvalue weighted by Crippen LogP contribution is -2.27. The molecule has 3 aromatic carbocycles. The van der Waals surface area contributed by atoms with Crippen molar-refractivity contribution in [1.29, 1.82) is 0 Å². The maximum absolute atomic E-state index is 15.5. The van der Waals surface area contributed by atoms with E-state index in [2.05, 4.69) is 48.6 Å². The van der Waals surface area contributed by atoms with Gasteiger partial charge in [0.25, 0.3) is 0 Å². The summed E-state index contributed by atoms with van der Waals surface area (Å²) in [6.07, 6.45) is 6.36. The number of benzene rings is 3. The van der Waals surface area contributed by atoms with E-state index in [1.165, 1.54) is 30.3 Å². The molecule has 0 spiro atoms. The van der Waals surface area contributed by atoms with Crippen molar-refractivity contribution in [2.75, 3.05) is 24.7 Å². The van der Waals surface area contributed by atoms with Crippen LogP contribution in [-0.4, -0.2) is 56.8 Å². The fourth-order valence-corrected chi connectivity index (χ4v) is 7.58. The summed E-state index contributed by atoms with van der Waals surface area (Å²) in [5.41, 5.74) is 2.35. The smallest absolute Gasteiger partial charge is 0.315 e. The number of aromatic amines is 2. The maximum atomic E-state index is 15.5. The van der Waals surface area contributed by atoms with Crippen molar-refractivity contribution < 1.29 is 32.6 Å². The zero-order chi connectivity index (χ0) is 38.9. The van der Waals surface area contributed by atoms with Crippen LogP contribution in [0.15, 0.2) is 67.4 Å². The third kappa shape index (κ3) is 9.76. The molecule has 0 radical (unpaired) electrons. The molecule has 0 bridgehead atoms. The number of nitrogens with one attached hydrogen (secondary N) is 2. The van der Waals surface area contributed by atoms with Crippen LogP contribution in [0.1, 0.15) is 82.8 Å². The van der Waals surface area contributed by atoms with Crippen LogP contribution in [0.4, 0.5) is 8.78 Å². The number of aryl methyl sites for hydroxylation is 1. The molecule has 0 aliphatic heterocycles. The molecule has 2 heterocycles. The van der Waals surface area contributed by atoms with Crippen molar-refractivity contribution in [2.24, 2.45) is 5.41 Å². The number of nitrogens with zero attached hydrogens (tertiary/aromatic N) is 2. The van der Waals surface area contributed by atoms with Crippen LogP contribution in [0.2, 0.25) is 0 Å². The van der Waals surface area contributed by atoms with Gasteiger partial charge in [0.15, 0.2) is 17.4 Å². The summed E-state index contributed by atoms with van der Waals surface area (Å²) < 4.78 is 47.0. The number of carbonyl (C=O) groups excluding carboxylic acids is 2. The van der Waals surface area contributed by atoms with Crippen LogP contribution in [0.25, 0.3) is 28.4 Å². The zero-order valence-corrected chi connectivity index (χ0v) is 32.3. The van der Waals surface area contributed by atoms with Crippen LogP contribution in [0, 0.1) is 17.0 Å². The van der Waals surface area contributed by atoms with Crippen molar-refractivity contribution in [3.8, 4) is 22.9 Å². The Labute approximate surface area is 319 Å². The first kappa shape index (κ1) is 40.2. The highest BCUT2D eigenvalue weighted by atomic mass is 32.2. The standard InChI is InChI=1S/C42H48F2N4O5S/c1-7-30-31-18-21-45-35(31)24-34(44)38(30)53-29-15-16-33(43)32(23-29)39-46-40(48-47-39)42(6,20-11-19-41(4,5)26-54-25-37(50)52-9-3)28-13-10-12-27(22-28)14-17-36(49)51-8-2/h7,10,12-13,15-16,18,21-24,45H,1,8-9,11,14,17,19-20,25-26H2,2-6H3,(H,46,47,48). The van der Waals surface area contributed by atoms with Gasteiger partial charge in [-0.05, 0) is 86.6 Å². The molecule has 5 aromatic rings. The predicted molar refractivity (Wildman–Crippen MR) is 210 cm³/mol. The number of halogens is 2. The van der Waals surface area contributed by atoms with E-state index >= 15 is 8.78 Å². The molecule has 286 valence electrons. The summed E-state index contributed by atoms with van der Waals surface area (Å²) in [5, 5.41) is 8.31. The van der Waals surface area contributed by atoms with E-state index in [4.69, 9.17) is 19.2 Å². The summed E-state index contributed by atoms with van der Waals surface area (Å²) in [5.74, 6) is 0.312. The van der Waals surface area contributed by atoms with Gasteiger partial charge in [-0.1, -0.05) is 57.2 Å². The monoisotopic (exact) mass is 758 g/mol. The number of carbonyl (C=O) groups is 2. The van der Waals surface area contributed by atoms with Gasteiger partial charge >= 0.3 is 11.9 Å². The Morgan fingerprint density at radius 1 is 0.963 bits per heavy atom. The number of hydrogen-bond donors (Lipinski definition) is 2. The fourth-order valence-electron chi connectivity index (χ4n) is 6.53. The van der Waals surface area contributed by atoms with Crippen LogP contribution in [0.3, 0.4) is 0 Å². The minimum atomic E-state index is -0.683. The third-order valence-electron chi connectivity index (χ3n) is 9.45. The molecule has 0 aliphatic rings. The summed E-state index contributed by atoms with van der Waals surface area (Å²) in [6.45, 7) is 14.6. The largest absolute Gasteiger partial charge is 0.466 e. The van der Waals surface area contributed by atoms with E-state index in [9.17, 15) is 9.59 Å². The average Bonchev–Trinajstić information content (AvgIpc) is 3.83. The highest BCUT2D eigenvalue weighted by Crippen LogP contribution is 2.40. The second-order valence-corrected chi connectivity index (χ2v) is 15.1. The van der Waals surface area contributed by atoms with E-state index < -0.39 is 17.0 Å². The molecule has 5 rings (SSSR count). The topological polar surface area (TPSA) is 119 Å². The van der Waals surface area contributed by atoms with Gasteiger partial charge in [0.1, 0.15) is 17.4 Å². The Morgan fingerprint density at radius 3 is 2.50 bits per heavy atom. The van der Waals surface area contributed by atoms with E-state index in [0.29, 0.717) is 48.7 Å². The lowest BCUT2D eigenvalue weighted by atomic mass is 9.75. The SMILES string of the molecule is C=Cc1c(Oc2ccc(F)c(-c3n[nH]c(C(C)(CCCC(C)(C)CSCC(=O)OCC)c4cccc(CCC(=O)OCC)c4)n3)c2)c(F)cc2[nH]ccc12. The number of H-pyrrole nitrogens is 2. The van der Waals surface area contributed by atoms with Crippen molar-refractivity contribution in [1.82, 2.24) is 20.2 Å². The Balaban J connectivity index is 1.43. The molecule has 1 unspecified atom stereocenters. The molecule has 0 amide bonds. The Bertz CT molecular complexity index is 2090. The molecule has 2 N–H and O–H groups in total. The Kier molecular flexibility index (Phi) is 13.3. The average molecular weight is 759 g/mol. The van der Waals surface area contributed by atoms with Crippen molar-refractivity contribution in [2.45, 2.75) is 72.1 Å². The van der Waals surface area contributed by atoms with E-state index in [1.54, 1.807) is 31.8 Å². The Hall–Kier alpha value is -4.97. The minimum Gasteiger partial charge on any atom is -0.466 e. The highest BCUT2D eigenvalue weighted by Gasteiger charge is 2.34. The van der Waals surface area contributed by atoms with Crippen LogP contribution in [-0.2, 0) is 30.9 Å². The number of hydrogen-bond acceptors (Lipinski definition) is 8. The summed E-state index contributed by atoms with van der Waals surface area (Å²) in [7, 11) is 0. The molecule has 54 heavy (non-hydrogen) atoms. The highest BCUT2D eigenvalue weighted by molar-refractivity contribution is 7.99. The molecule has 0 fully saturated rings.